The van der Waals surface area contributed by atoms with Gasteiger partial charge >= 0.3 is 5.97 Å². The molecule has 0 fully saturated rings. The second-order valence-corrected chi connectivity index (χ2v) is 7.35. The lowest BCUT2D eigenvalue weighted by atomic mass is 10.1. The van der Waals surface area contributed by atoms with Crippen molar-refractivity contribution in [2.24, 2.45) is 0 Å². The largest absolute Gasteiger partial charge is 0.462 e. The number of allylic oxidation sites excluding steroid dienone is 1. The van der Waals surface area contributed by atoms with E-state index < -0.39 is 5.97 Å². The predicted octanol–water partition coefficient (Wildman–Crippen LogP) is 5.51. The van der Waals surface area contributed by atoms with Crippen molar-refractivity contribution in [2.75, 3.05) is 6.61 Å². The van der Waals surface area contributed by atoms with Gasteiger partial charge < -0.3 is 4.74 Å². The van der Waals surface area contributed by atoms with Crippen LogP contribution in [-0.2, 0) is 4.74 Å². The van der Waals surface area contributed by atoms with Crippen LogP contribution in [0.25, 0.3) is 23.9 Å². The lowest BCUT2D eigenvalue weighted by Gasteiger charge is -2.06. The van der Waals surface area contributed by atoms with Gasteiger partial charge in [0.25, 0.3) is 0 Å². The molecule has 168 valence electrons. The molecule has 0 radical (unpaired) electrons. The maximum absolute atomic E-state index is 13.0. The number of hydrogen-bond acceptors (Lipinski definition) is 5. The molecule has 1 heterocycles. The number of ether oxygens (including phenoxy) is 1. The molecule has 0 bridgehead atoms. The molecule has 34 heavy (non-hydrogen) atoms. The fraction of sp³-hybridized carbons (Fsp3) is 0.0714. The standard InChI is InChI=1S/C28H23N3O3/c1-2-34-28(33)23-15-17-24(18-16-23)31-25(19-13-21-9-5-3-6-10-21)27(29-30-31)26(32)20-14-22-11-7-4-8-12-22/h3-20H,2H2,1H3/b19-13+,20-14+. The summed E-state index contributed by atoms with van der Waals surface area (Å²) in [5, 5.41) is 8.40. The van der Waals surface area contributed by atoms with Crippen LogP contribution in [-0.4, -0.2) is 33.4 Å². The molecule has 0 saturated carbocycles. The van der Waals surface area contributed by atoms with Gasteiger partial charge in [0, 0.05) is 0 Å². The van der Waals surface area contributed by atoms with Crippen LogP contribution >= 0.6 is 0 Å². The number of nitrogens with zero attached hydrogens (tertiary/aromatic N) is 3. The van der Waals surface area contributed by atoms with E-state index >= 15 is 0 Å². The summed E-state index contributed by atoms with van der Waals surface area (Å²) in [6.07, 6.45) is 6.96. The van der Waals surface area contributed by atoms with Crippen molar-refractivity contribution < 1.29 is 14.3 Å². The van der Waals surface area contributed by atoms with Gasteiger partial charge in [0.2, 0.25) is 5.78 Å². The first kappa shape index (κ1) is 22.6. The van der Waals surface area contributed by atoms with Gasteiger partial charge in [0.05, 0.1) is 23.6 Å². The van der Waals surface area contributed by atoms with Gasteiger partial charge in [-0.15, -0.1) is 5.10 Å². The average molecular weight is 450 g/mol. The highest BCUT2D eigenvalue weighted by Gasteiger charge is 2.17. The summed E-state index contributed by atoms with van der Waals surface area (Å²) in [7, 11) is 0. The molecule has 4 rings (SSSR count). The van der Waals surface area contributed by atoms with Crippen LogP contribution in [0, 0.1) is 0 Å². The average Bonchev–Trinajstić information content (AvgIpc) is 3.31. The Hall–Kier alpha value is -4.58. The minimum atomic E-state index is -0.390. The summed E-state index contributed by atoms with van der Waals surface area (Å²) >= 11 is 0. The molecule has 0 saturated heterocycles. The number of aromatic nitrogens is 3. The smallest absolute Gasteiger partial charge is 0.338 e. The van der Waals surface area contributed by atoms with E-state index in [1.807, 2.05) is 72.8 Å². The molecule has 6 heteroatoms. The lowest BCUT2D eigenvalue weighted by Crippen LogP contribution is -2.06. The van der Waals surface area contributed by atoms with Crippen molar-refractivity contribution in [1.29, 1.82) is 0 Å². The minimum absolute atomic E-state index is 0.230. The molecule has 0 unspecified atom stereocenters. The molecule has 1 aromatic heterocycles. The molecule has 6 nitrogen and oxygen atoms in total. The molecular formula is C28H23N3O3. The molecular weight excluding hydrogens is 426 g/mol. The van der Waals surface area contributed by atoms with Gasteiger partial charge in [0.15, 0.2) is 5.69 Å². The normalized spacial score (nSPS) is 11.2. The van der Waals surface area contributed by atoms with Crippen LogP contribution in [0.2, 0.25) is 0 Å². The fourth-order valence-corrected chi connectivity index (χ4v) is 3.31. The number of hydrogen-bond donors (Lipinski definition) is 0. The Morgan fingerprint density at radius 2 is 1.44 bits per heavy atom. The SMILES string of the molecule is CCOC(=O)c1ccc(-n2nnc(C(=O)/C=C/c3ccccc3)c2/C=C/c2ccccc2)cc1. The number of ketones is 1. The fourth-order valence-electron chi connectivity index (χ4n) is 3.31. The summed E-state index contributed by atoms with van der Waals surface area (Å²) in [5.41, 5.74) is 3.77. The predicted molar refractivity (Wildman–Crippen MR) is 132 cm³/mol. The summed E-state index contributed by atoms with van der Waals surface area (Å²) in [6, 6.07) is 26.2. The summed E-state index contributed by atoms with van der Waals surface area (Å²) < 4.78 is 6.63. The van der Waals surface area contributed by atoms with Gasteiger partial charge in [-0.05, 0) is 54.5 Å². The summed E-state index contributed by atoms with van der Waals surface area (Å²) in [6.45, 7) is 2.07. The number of rotatable bonds is 8. The van der Waals surface area contributed by atoms with E-state index in [1.54, 1.807) is 41.9 Å². The Balaban J connectivity index is 1.69. The molecule has 0 aliphatic heterocycles. The van der Waals surface area contributed by atoms with Crippen molar-refractivity contribution in [3.8, 4) is 5.69 Å². The molecule has 0 aliphatic carbocycles. The van der Waals surface area contributed by atoms with E-state index in [2.05, 4.69) is 10.3 Å². The number of esters is 1. The van der Waals surface area contributed by atoms with Crippen molar-refractivity contribution in [3.05, 3.63) is 119 Å². The van der Waals surface area contributed by atoms with E-state index in [4.69, 9.17) is 4.74 Å². The van der Waals surface area contributed by atoms with Gasteiger partial charge in [0.1, 0.15) is 0 Å². The maximum Gasteiger partial charge on any atom is 0.338 e. The Labute approximate surface area is 197 Å². The van der Waals surface area contributed by atoms with Crippen LogP contribution in [0.3, 0.4) is 0 Å². The molecule has 3 aromatic carbocycles. The summed E-state index contributed by atoms with van der Waals surface area (Å²) in [4.78, 5) is 25.0. The maximum atomic E-state index is 13.0. The van der Waals surface area contributed by atoms with E-state index in [1.165, 1.54) is 6.08 Å². The second kappa shape index (κ2) is 10.8. The number of carbonyl (C=O) groups is 2. The Kier molecular flexibility index (Phi) is 7.20. The molecule has 0 spiro atoms. The summed E-state index contributed by atoms with van der Waals surface area (Å²) in [5.74, 6) is -0.648. The zero-order valence-corrected chi connectivity index (χ0v) is 18.7. The number of benzene rings is 3. The topological polar surface area (TPSA) is 74.1 Å². The van der Waals surface area contributed by atoms with Crippen molar-refractivity contribution in [3.63, 3.8) is 0 Å². The van der Waals surface area contributed by atoms with Crippen molar-refractivity contribution >= 4 is 30.0 Å². The number of carbonyl (C=O) groups excluding carboxylic acids is 2. The zero-order chi connectivity index (χ0) is 23.8. The molecule has 0 N–H and O–H groups in total. The van der Waals surface area contributed by atoms with Gasteiger partial charge in [-0.25, -0.2) is 9.48 Å². The van der Waals surface area contributed by atoms with E-state index in [9.17, 15) is 9.59 Å². The lowest BCUT2D eigenvalue weighted by molar-refractivity contribution is 0.0526. The molecule has 0 amide bonds. The van der Waals surface area contributed by atoms with Crippen LogP contribution < -0.4 is 0 Å². The van der Waals surface area contributed by atoms with E-state index in [0.717, 1.165) is 11.1 Å². The van der Waals surface area contributed by atoms with Gasteiger partial charge in [-0.1, -0.05) is 78.0 Å². The third-order valence-corrected chi connectivity index (χ3v) is 5.02. The first-order valence-electron chi connectivity index (χ1n) is 10.9. The highest BCUT2D eigenvalue weighted by molar-refractivity contribution is 6.07. The van der Waals surface area contributed by atoms with Crippen molar-refractivity contribution in [2.45, 2.75) is 6.92 Å². The Morgan fingerprint density at radius 3 is 2.06 bits per heavy atom. The minimum Gasteiger partial charge on any atom is -0.462 e. The van der Waals surface area contributed by atoms with Crippen molar-refractivity contribution in [1.82, 2.24) is 15.0 Å². The first-order chi connectivity index (χ1) is 16.7. The molecule has 4 aromatic rings. The van der Waals surface area contributed by atoms with Crippen LogP contribution in [0.5, 0.6) is 0 Å². The monoisotopic (exact) mass is 449 g/mol. The third-order valence-electron chi connectivity index (χ3n) is 5.02. The van der Waals surface area contributed by atoms with Crippen LogP contribution in [0.4, 0.5) is 0 Å². The molecule has 0 atom stereocenters. The highest BCUT2D eigenvalue weighted by Crippen LogP contribution is 2.19. The van der Waals surface area contributed by atoms with E-state index in [0.29, 0.717) is 23.6 Å². The van der Waals surface area contributed by atoms with Gasteiger partial charge in [-0.2, -0.15) is 0 Å². The van der Waals surface area contributed by atoms with E-state index in [-0.39, 0.29) is 11.5 Å². The first-order valence-corrected chi connectivity index (χ1v) is 10.9. The van der Waals surface area contributed by atoms with Gasteiger partial charge in [-0.3, -0.25) is 4.79 Å². The Morgan fingerprint density at radius 1 is 0.824 bits per heavy atom. The van der Waals surface area contributed by atoms with Crippen LogP contribution in [0.1, 0.15) is 44.6 Å². The zero-order valence-electron chi connectivity index (χ0n) is 18.7. The highest BCUT2D eigenvalue weighted by atomic mass is 16.5. The quantitative estimate of drug-likeness (QED) is 0.201. The molecule has 0 aliphatic rings. The third kappa shape index (κ3) is 5.42. The second-order valence-electron chi connectivity index (χ2n) is 7.35. The van der Waals surface area contributed by atoms with Crippen LogP contribution in [0.15, 0.2) is 91.0 Å². The Bertz CT molecular complexity index is 1320.